The lowest BCUT2D eigenvalue weighted by molar-refractivity contribution is -0.119. The standard InChI is InChI=1S/C23H25ClN4O2/c1-3-4-9-22(29)27-20(16-10-12-17(30-2)13-11-16)14-21(28-23(27)25-15-26-28)18-7-5-6-8-19(18)24/h5-8,10-13,15,20-21H,3-4,9,14H2,1-2H3/t20-,21+/m1/s1. The van der Waals surface area contributed by atoms with Gasteiger partial charge in [-0.3, -0.25) is 9.69 Å². The number of fused-ring (bicyclic) bond motifs is 1. The van der Waals surface area contributed by atoms with Crippen molar-refractivity contribution in [3.8, 4) is 5.75 Å². The van der Waals surface area contributed by atoms with Crippen molar-refractivity contribution in [2.24, 2.45) is 0 Å². The first-order valence-electron chi connectivity index (χ1n) is 10.2. The van der Waals surface area contributed by atoms with E-state index in [4.69, 9.17) is 16.3 Å². The third-order valence-corrected chi connectivity index (χ3v) is 5.94. The zero-order valence-corrected chi connectivity index (χ0v) is 17.9. The molecule has 0 aliphatic carbocycles. The molecule has 3 aromatic rings. The summed E-state index contributed by atoms with van der Waals surface area (Å²) in [7, 11) is 1.64. The Hall–Kier alpha value is -2.86. The van der Waals surface area contributed by atoms with E-state index >= 15 is 0 Å². The summed E-state index contributed by atoms with van der Waals surface area (Å²) in [4.78, 5) is 19.5. The first kappa shape index (κ1) is 20.4. The van der Waals surface area contributed by atoms with Crippen LogP contribution in [0.3, 0.4) is 0 Å². The van der Waals surface area contributed by atoms with Crippen LogP contribution in [0, 0.1) is 0 Å². The highest BCUT2D eigenvalue weighted by molar-refractivity contribution is 6.31. The number of aromatic nitrogens is 3. The molecule has 2 heterocycles. The van der Waals surface area contributed by atoms with E-state index in [9.17, 15) is 4.79 Å². The average molecular weight is 425 g/mol. The van der Waals surface area contributed by atoms with Crippen LogP contribution in [-0.2, 0) is 4.79 Å². The molecule has 7 heteroatoms. The molecule has 30 heavy (non-hydrogen) atoms. The van der Waals surface area contributed by atoms with Crippen molar-refractivity contribution < 1.29 is 9.53 Å². The molecule has 2 aromatic carbocycles. The second-order valence-corrected chi connectivity index (χ2v) is 7.84. The van der Waals surface area contributed by atoms with Gasteiger partial charge in [0.25, 0.3) is 0 Å². The summed E-state index contributed by atoms with van der Waals surface area (Å²) in [6.45, 7) is 2.08. The maximum atomic E-state index is 13.2. The van der Waals surface area contributed by atoms with Crippen molar-refractivity contribution in [2.75, 3.05) is 12.0 Å². The molecule has 0 fully saturated rings. The number of halogens is 1. The zero-order valence-electron chi connectivity index (χ0n) is 17.2. The van der Waals surface area contributed by atoms with Crippen LogP contribution in [0.1, 0.15) is 55.8 Å². The van der Waals surface area contributed by atoms with Gasteiger partial charge in [0.2, 0.25) is 11.9 Å². The summed E-state index contributed by atoms with van der Waals surface area (Å²) in [6, 6.07) is 15.4. The van der Waals surface area contributed by atoms with Crippen LogP contribution in [0.4, 0.5) is 5.95 Å². The van der Waals surface area contributed by atoms with Gasteiger partial charge in [-0.15, -0.1) is 0 Å². The van der Waals surface area contributed by atoms with Gasteiger partial charge in [0.15, 0.2) is 0 Å². The molecule has 2 atom stereocenters. The highest BCUT2D eigenvalue weighted by Crippen LogP contribution is 2.43. The van der Waals surface area contributed by atoms with Crippen molar-refractivity contribution in [1.29, 1.82) is 0 Å². The fraction of sp³-hybridized carbons (Fsp3) is 0.348. The molecule has 0 N–H and O–H groups in total. The van der Waals surface area contributed by atoms with Gasteiger partial charge in [-0.05, 0) is 42.2 Å². The number of methoxy groups -OCH3 is 1. The highest BCUT2D eigenvalue weighted by atomic mass is 35.5. The minimum absolute atomic E-state index is 0.0597. The molecule has 0 saturated heterocycles. The summed E-state index contributed by atoms with van der Waals surface area (Å²) in [5.41, 5.74) is 2.01. The van der Waals surface area contributed by atoms with Crippen LogP contribution in [0.2, 0.25) is 5.02 Å². The number of benzene rings is 2. The molecular formula is C23H25ClN4O2. The first-order chi connectivity index (χ1) is 14.6. The zero-order chi connectivity index (χ0) is 21.1. The number of anilines is 1. The Kier molecular flexibility index (Phi) is 6.04. The highest BCUT2D eigenvalue weighted by Gasteiger charge is 2.39. The van der Waals surface area contributed by atoms with Crippen LogP contribution in [0.5, 0.6) is 5.75 Å². The summed E-state index contributed by atoms with van der Waals surface area (Å²) in [6.07, 6.45) is 4.45. The minimum Gasteiger partial charge on any atom is -0.497 e. The Balaban J connectivity index is 1.80. The quantitative estimate of drug-likeness (QED) is 0.545. The lowest BCUT2D eigenvalue weighted by atomic mass is 9.91. The topological polar surface area (TPSA) is 60.2 Å². The Morgan fingerprint density at radius 1 is 1.17 bits per heavy atom. The number of hydrogen-bond donors (Lipinski definition) is 0. The number of carbonyl (C=O) groups is 1. The maximum Gasteiger partial charge on any atom is 0.231 e. The first-order valence-corrected chi connectivity index (χ1v) is 10.6. The van der Waals surface area contributed by atoms with Gasteiger partial charge in [-0.1, -0.05) is 55.3 Å². The molecule has 156 valence electrons. The Morgan fingerprint density at radius 2 is 1.93 bits per heavy atom. The molecule has 0 saturated carbocycles. The van der Waals surface area contributed by atoms with E-state index < -0.39 is 0 Å². The second kappa shape index (κ2) is 8.88. The SMILES string of the molecule is CCCCC(=O)N1c2ncnn2[C@H](c2ccccc2Cl)C[C@@H]1c1ccc(OC)cc1. The van der Waals surface area contributed by atoms with E-state index in [1.807, 2.05) is 53.2 Å². The smallest absolute Gasteiger partial charge is 0.231 e. The van der Waals surface area contributed by atoms with Gasteiger partial charge in [-0.2, -0.15) is 10.1 Å². The summed E-state index contributed by atoms with van der Waals surface area (Å²) < 4.78 is 7.13. The number of hydrogen-bond acceptors (Lipinski definition) is 4. The van der Waals surface area contributed by atoms with Gasteiger partial charge in [0, 0.05) is 11.4 Å². The normalized spacial score (nSPS) is 18.2. The Labute approximate surface area is 181 Å². The lowest BCUT2D eigenvalue weighted by Crippen LogP contribution is -2.42. The molecule has 0 radical (unpaired) electrons. The van der Waals surface area contributed by atoms with Gasteiger partial charge in [-0.25, -0.2) is 4.68 Å². The summed E-state index contributed by atoms with van der Waals surface area (Å²) in [5, 5.41) is 5.14. The Morgan fingerprint density at radius 3 is 2.63 bits per heavy atom. The van der Waals surface area contributed by atoms with Crippen LogP contribution in [0.25, 0.3) is 0 Å². The van der Waals surface area contributed by atoms with Crippen LogP contribution in [0.15, 0.2) is 54.9 Å². The number of unbranched alkanes of at least 4 members (excludes halogenated alkanes) is 1. The third-order valence-electron chi connectivity index (χ3n) is 5.60. The van der Waals surface area contributed by atoms with Crippen molar-refractivity contribution >= 4 is 23.5 Å². The average Bonchev–Trinajstić information content (AvgIpc) is 3.26. The number of carbonyl (C=O) groups excluding carboxylic acids is 1. The van der Waals surface area contributed by atoms with E-state index in [2.05, 4.69) is 17.0 Å². The predicted molar refractivity (Wildman–Crippen MR) is 117 cm³/mol. The van der Waals surface area contributed by atoms with Gasteiger partial charge < -0.3 is 4.74 Å². The maximum absolute atomic E-state index is 13.2. The van der Waals surface area contributed by atoms with Crippen molar-refractivity contribution in [3.63, 3.8) is 0 Å². The fourth-order valence-corrected chi connectivity index (χ4v) is 4.30. The van der Waals surface area contributed by atoms with Crippen LogP contribution in [-0.4, -0.2) is 27.8 Å². The molecule has 1 aromatic heterocycles. The van der Waals surface area contributed by atoms with Crippen LogP contribution >= 0.6 is 11.6 Å². The number of nitrogens with zero attached hydrogens (tertiary/aromatic N) is 4. The van der Waals surface area contributed by atoms with E-state index in [1.54, 1.807) is 12.0 Å². The van der Waals surface area contributed by atoms with Gasteiger partial charge in [0.05, 0.1) is 19.2 Å². The number of rotatable bonds is 6. The van der Waals surface area contributed by atoms with E-state index in [0.29, 0.717) is 23.8 Å². The largest absolute Gasteiger partial charge is 0.497 e. The number of ether oxygens (including phenoxy) is 1. The fourth-order valence-electron chi connectivity index (χ4n) is 4.04. The molecule has 0 unspecified atom stereocenters. The molecule has 0 spiro atoms. The number of amides is 1. The van der Waals surface area contributed by atoms with Crippen molar-refractivity contribution in [2.45, 2.75) is 44.7 Å². The van der Waals surface area contributed by atoms with E-state index in [0.717, 1.165) is 29.7 Å². The monoisotopic (exact) mass is 424 g/mol. The molecule has 6 nitrogen and oxygen atoms in total. The summed E-state index contributed by atoms with van der Waals surface area (Å²) >= 11 is 6.53. The third kappa shape index (κ3) is 3.79. The minimum atomic E-state index is -0.168. The van der Waals surface area contributed by atoms with Gasteiger partial charge >= 0.3 is 0 Å². The van der Waals surface area contributed by atoms with Gasteiger partial charge in [0.1, 0.15) is 12.1 Å². The van der Waals surface area contributed by atoms with E-state index in [-0.39, 0.29) is 18.0 Å². The molecule has 1 amide bonds. The van der Waals surface area contributed by atoms with Crippen molar-refractivity contribution in [3.05, 3.63) is 71.0 Å². The molecular weight excluding hydrogens is 400 g/mol. The molecule has 4 rings (SSSR count). The lowest BCUT2D eigenvalue weighted by Gasteiger charge is -2.39. The molecule has 1 aliphatic heterocycles. The van der Waals surface area contributed by atoms with Crippen LogP contribution < -0.4 is 9.64 Å². The second-order valence-electron chi connectivity index (χ2n) is 7.43. The van der Waals surface area contributed by atoms with E-state index in [1.165, 1.54) is 6.33 Å². The molecule has 0 bridgehead atoms. The summed E-state index contributed by atoms with van der Waals surface area (Å²) in [5.74, 6) is 1.40. The predicted octanol–water partition coefficient (Wildman–Crippen LogP) is 5.20. The Bertz CT molecular complexity index is 1020. The molecule has 1 aliphatic rings. The van der Waals surface area contributed by atoms with Crippen molar-refractivity contribution in [1.82, 2.24) is 14.8 Å².